The van der Waals surface area contributed by atoms with Crippen LogP contribution in [0.2, 0.25) is 0 Å². The van der Waals surface area contributed by atoms with Gasteiger partial charge in [0, 0.05) is 73.3 Å². The van der Waals surface area contributed by atoms with E-state index < -0.39 is 83.6 Å². The zero-order chi connectivity index (χ0) is 58.3. The number of hydrogen-bond acceptors (Lipinski definition) is 12. The third kappa shape index (κ3) is 17.1. The molecule has 7 aromatic rings. The van der Waals surface area contributed by atoms with E-state index in [-0.39, 0.29) is 55.4 Å². The summed E-state index contributed by atoms with van der Waals surface area (Å²) < 4.78 is 0.474. The Balaban J connectivity index is 1.16. The molecule has 1 saturated heterocycles. The highest BCUT2D eigenvalue weighted by Crippen LogP contribution is 2.25. The number of carbonyl (C=O) groups is 7. The summed E-state index contributed by atoms with van der Waals surface area (Å²) in [7, 11) is 2.27. The highest BCUT2D eigenvalue weighted by Gasteiger charge is 2.35. The molecule has 7 atom stereocenters. The molecule has 428 valence electrons. The van der Waals surface area contributed by atoms with Crippen molar-refractivity contribution in [2.45, 2.75) is 101 Å². The molecular weight excluding hydrogens is 1190 g/mol. The number of carbonyl (C=O) groups excluding carboxylic acids is 7. The van der Waals surface area contributed by atoms with Crippen molar-refractivity contribution in [3.05, 3.63) is 183 Å². The number of benzene rings is 6. The molecule has 18 nitrogen and oxygen atoms in total. The number of amides is 7. The third-order valence-electron chi connectivity index (χ3n) is 14.0. The summed E-state index contributed by atoms with van der Waals surface area (Å²) in [6.45, 7) is 4.66. The summed E-state index contributed by atoms with van der Waals surface area (Å²) in [5.74, 6) is -5.34. The number of hydrogen-bond donors (Lipinski definition) is 11. The number of H-pyrrole nitrogens is 1. The lowest BCUT2D eigenvalue weighted by molar-refractivity contribution is -0.135. The van der Waals surface area contributed by atoms with Crippen LogP contribution in [0.1, 0.15) is 47.2 Å². The second-order valence-corrected chi connectivity index (χ2v) is 24.3. The average Bonchev–Trinajstić information content (AvgIpc) is 4.01. The first-order valence-corrected chi connectivity index (χ1v) is 30.5. The van der Waals surface area contributed by atoms with Crippen LogP contribution < -0.4 is 48.7 Å². The van der Waals surface area contributed by atoms with Crippen LogP contribution >= 0.6 is 44.2 Å². The fourth-order valence-electron chi connectivity index (χ4n) is 9.43. The van der Waals surface area contributed by atoms with Crippen molar-refractivity contribution < 1.29 is 38.7 Å². The van der Waals surface area contributed by atoms with Crippen LogP contribution in [0.15, 0.2) is 146 Å². The minimum Gasteiger partial charge on any atom is -0.507 e. The van der Waals surface area contributed by atoms with Gasteiger partial charge in [-0.1, -0.05) is 157 Å². The van der Waals surface area contributed by atoms with Gasteiger partial charge in [0.05, 0.1) is 9.61 Å². The van der Waals surface area contributed by atoms with Gasteiger partial charge in [0.2, 0.25) is 41.4 Å². The molecule has 1 aliphatic rings. The predicted octanol–water partition coefficient (Wildman–Crippen LogP) is 4.76. The van der Waals surface area contributed by atoms with Gasteiger partial charge in [-0.15, -0.1) is 0 Å². The molecule has 1 aliphatic heterocycles. The molecule has 82 heavy (non-hydrogen) atoms. The minimum atomic E-state index is -1.41. The lowest BCUT2D eigenvalue weighted by Crippen LogP contribution is -2.61. The quantitative estimate of drug-likeness (QED) is 0.0462. The van der Waals surface area contributed by atoms with E-state index in [4.69, 9.17) is 11.5 Å². The molecule has 21 heteroatoms. The monoisotopic (exact) mass is 1260 g/mol. The predicted molar refractivity (Wildman–Crippen MR) is 330 cm³/mol. The molecule has 7 amide bonds. The number of para-hydroxylation sites is 1. The third-order valence-corrected chi connectivity index (χ3v) is 17.3. The van der Waals surface area contributed by atoms with Crippen LogP contribution in [0.25, 0.3) is 21.7 Å². The largest absolute Gasteiger partial charge is 0.507 e. The van der Waals surface area contributed by atoms with Crippen molar-refractivity contribution in [3.63, 3.8) is 0 Å². The smallest absolute Gasteiger partial charge is 0.244 e. The van der Waals surface area contributed by atoms with Crippen molar-refractivity contribution >= 4 is 107 Å². The molecule has 1 fully saturated rings. The molecule has 0 saturated carbocycles. The number of halogens is 1. The summed E-state index contributed by atoms with van der Waals surface area (Å²) in [6.07, 6.45) is 1.57. The summed E-state index contributed by atoms with van der Waals surface area (Å²) in [6, 6.07) is 33.3. The summed E-state index contributed by atoms with van der Waals surface area (Å²) in [5, 5.41) is 33.7. The van der Waals surface area contributed by atoms with Gasteiger partial charge in [-0.3, -0.25) is 33.6 Å². The number of nitrogens with two attached hydrogens (primary N) is 2. The van der Waals surface area contributed by atoms with Crippen LogP contribution in [0, 0.1) is 3.57 Å². The van der Waals surface area contributed by atoms with Crippen molar-refractivity contribution in [2.75, 3.05) is 11.5 Å². The maximum atomic E-state index is 15.2. The number of phenols is 1. The summed E-state index contributed by atoms with van der Waals surface area (Å²) in [5.41, 5.74) is 17.5. The van der Waals surface area contributed by atoms with Crippen LogP contribution in [0.3, 0.4) is 0 Å². The van der Waals surface area contributed by atoms with Gasteiger partial charge in [0.1, 0.15) is 42.0 Å². The number of nitrogens with one attached hydrogen (secondary N) is 8. The van der Waals surface area contributed by atoms with Crippen LogP contribution in [0.4, 0.5) is 0 Å². The standard InChI is InChI=1S/C61H67IN10O8S2/c1-35(2)65-31-38-18-16-37(17-19-38)27-50-58(77)70-51(29-40-21-23-54(73)45(62)25-40)59(78)72-53(61(80)67-48(55(64)74)28-39-20-22-41-12-6-7-13-42(41)24-39)34-82-81-33-46(63)56(75)68-49(26-36-10-4-3-5-11-36)57(76)71-52(60(79)69-50)30-43-32-66-47-15-9-8-14-44(43)47/h3-25,32,35,46,48-53,65-66,73H,26-31,33-34,63H2,1-2H3,(H2,64,74)(H,67,80)(H,68,75)(H,69,79)(H,70,77)(H,71,76)(H,72,78)/t46-,48+,49+,50+,51+,52-,53+/m1/s1. The van der Waals surface area contributed by atoms with Gasteiger partial charge >= 0.3 is 0 Å². The van der Waals surface area contributed by atoms with Gasteiger partial charge < -0.3 is 58.8 Å². The number of primary amides is 1. The van der Waals surface area contributed by atoms with Crippen molar-refractivity contribution in [1.82, 2.24) is 42.2 Å². The zero-order valence-electron chi connectivity index (χ0n) is 45.3. The first kappa shape index (κ1) is 60.7. The Bertz CT molecular complexity index is 3400. The summed E-state index contributed by atoms with van der Waals surface area (Å²) >= 11 is 1.96. The van der Waals surface area contributed by atoms with E-state index in [0.717, 1.165) is 60.0 Å². The Morgan fingerprint density at radius 2 is 1.15 bits per heavy atom. The van der Waals surface area contributed by atoms with Crippen LogP contribution in [0.5, 0.6) is 5.75 Å². The topological polar surface area (TPSA) is 292 Å². The SMILES string of the molecule is CC(C)NCc1ccc(C[C@@H]2NC(=O)[C@@H](Cc3c[nH]c4ccccc34)NC(=O)[C@H](Cc3ccccc3)NC(=O)[C@H](N)CSSC[C@@H](C(=O)N[C@@H](Cc3ccc4ccccc4c3)C(N)=O)NC(=O)[C@H](Cc3ccc(O)c(I)c3)NC2=O)cc1. The van der Waals surface area contributed by atoms with E-state index in [1.165, 1.54) is 6.07 Å². The van der Waals surface area contributed by atoms with Crippen molar-refractivity contribution in [2.24, 2.45) is 11.5 Å². The number of aromatic nitrogens is 1. The number of fused-ring (bicyclic) bond motifs is 2. The van der Waals surface area contributed by atoms with E-state index in [1.807, 2.05) is 146 Å². The van der Waals surface area contributed by atoms with E-state index in [0.29, 0.717) is 26.8 Å². The molecule has 13 N–H and O–H groups in total. The lowest BCUT2D eigenvalue weighted by atomic mass is 9.99. The average molecular weight is 1260 g/mol. The highest BCUT2D eigenvalue weighted by atomic mass is 127. The van der Waals surface area contributed by atoms with Crippen LogP contribution in [-0.2, 0) is 72.2 Å². The van der Waals surface area contributed by atoms with E-state index in [1.54, 1.807) is 30.5 Å². The molecule has 6 aromatic carbocycles. The zero-order valence-corrected chi connectivity index (χ0v) is 49.1. The van der Waals surface area contributed by atoms with E-state index >= 15 is 9.59 Å². The van der Waals surface area contributed by atoms with Gasteiger partial charge in [-0.2, -0.15) is 0 Å². The first-order chi connectivity index (χ1) is 39.5. The van der Waals surface area contributed by atoms with E-state index in [9.17, 15) is 29.1 Å². The number of aromatic amines is 1. The molecule has 8 rings (SSSR count). The fraction of sp³-hybridized carbons (Fsp3) is 0.295. The number of rotatable bonds is 16. The second-order valence-electron chi connectivity index (χ2n) is 20.6. The molecule has 0 spiro atoms. The van der Waals surface area contributed by atoms with Gasteiger partial charge in [-0.25, -0.2) is 0 Å². The van der Waals surface area contributed by atoms with Gasteiger partial charge in [0.25, 0.3) is 0 Å². The molecule has 1 aromatic heterocycles. The maximum Gasteiger partial charge on any atom is 0.244 e. The highest BCUT2D eigenvalue weighted by molar-refractivity contribution is 14.1. The van der Waals surface area contributed by atoms with Crippen molar-refractivity contribution in [1.29, 1.82) is 0 Å². The Morgan fingerprint density at radius 3 is 1.80 bits per heavy atom. The molecular formula is C61H67IN10O8S2. The Kier molecular flexibility index (Phi) is 21.5. The fourth-order valence-corrected chi connectivity index (χ4v) is 12.3. The van der Waals surface area contributed by atoms with Gasteiger partial charge in [0.15, 0.2) is 0 Å². The minimum absolute atomic E-state index is 0.000321. The van der Waals surface area contributed by atoms with E-state index in [2.05, 4.69) is 42.2 Å². The van der Waals surface area contributed by atoms with Gasteiger partial charge in [-0.05, 0) is 84.9 Å². The molecule has 0 aliphatic carbocycles. The molecule has 0 bridgehead atoms. The Hall–Kier alpha value is -7.44. The second kappa shape index (κ2) is 29.0. The Labute approximate surface area is 497 Å². The maximum absolute atomic E-state index is 15.2. The molecule has 2 heterocycles. The molecule has 0 radical (unpaired) electrons. The number of phenolic OH excluding ortho intramolecular Hbond substituents is 1. The molecule has 0 unspecified atom stereocenters. The normalized spacial score (nSPS) is 20.2. The number of aromatic hydroxyl groups is 1. The van der Waals surface area contributed by atoms with Crippen LogP contribution in [-0.4, -0.2) is 111 Å². The summed E-state index contributed by atoms with van der Waals surface area (Å²) in [4.78, 5) is 105. The Morgan fingerprint density at radius 1 is 0.610 bits per heavy atom. The lowest BCUT2D eigenvalue weighted by Gasteiger charge is -2.28. The van der Waals surface area contributed by atoms with Crippen molar-refractivity contribution in [3.8, 4) is 5.75 Å². The first-order valence-electron chi connectivity index (χ1n) is 26.9.